The number of aryl methyl sites for hydroxylation is 3. The Kier molecular flexibility index (Phi) is 5.06. The molecule has 0 aliphatic carbocycles. The van der Waals surface area contributed by atoms with Gasteiger partial charge >= 0.3 is 0 Å². The smallest absolute Gasteiger partial charge is 0.195 e. The summed E-state index contributed by atoms with van der Waals surface area (Å²) in [5.41, 5.74) is 4.20. The summed E-state index contributed by atoms with van der Waals surface area (Å²) >= 11 is 0. The van der Waals surface area contributed by atoms with Crippen LogP contribution >= 0.6 is 0 Å². The van der Waals surface area contributed by atoms with Crippen molar-refractivity contribution in [1.29, 1.82) is 5.26 Å². The lowest BCUT2D eigenvalue weighted by atomic mass is 10.1. The lowest BCUT2D eigenvalue weighted by Gasteiger charge is -2.00. The van der Waals surface area contributed by atoms with E-state index >= 15 is 0 Å². The van der Waals surface area contributed by atoms with Crippen LogP contribution in [0.4, 0.5) is 0 Å². The Balaban J connectivity index is 1.59. The van der Waals surface area contributed by atoms with Gasteiger partial charge in [-0.3, -0.25) is 0 Å². The zero-order chi connectivity index (χ0) is 15.9. The van der Waals surface area contributed by atoms with Gasteiger partial charge < -0.3 is 4.42 Å². The first-order valence-electron chi connectivity index (χ1n) is 8.15. The normalized spacial score (nSPS) is 10.7. The largest absolute Gasteiger partial charge is 0.440 e. The van der Waals surface area contributed by atoms with Crippen molar-refractivity contribution in [3.05, 3.63) is 65.5 Å². The van der Waals surface area contributed by atoms with E-state index in [1.54, 1.807) is 0 Å². The van der Waals surface area contributed by atoms with Gasteiger partial charge in [0.25, 0.3) is 0 Å². The molecule has 0 spiro atoms. The molecule has 3 aromatic rings. The van der Waals surface area contributed by atoms with Crippen LogP contribution in [0.2, 0.25) is 0 Å². The molecular weight excluding hydrogens is 284 g/mol. The van der Waals surface area contributed by atoms with Gasteiger partial charge in [0.1, 0.15) is 5.52 Å². The second-order valence-corrected chi connectivity index (χ2v) is 5.72. The molecule has 23 heavy (non-hydrogen) atoms. The van der Waals surface area contributed by atoms with E-state index in [1.807, 2.05) is 24.3 Å². The van der Waals surface area contributed by atoms with Crippen LogP contribution in [0.5, 0.6) is 0 Å². The van der Waals surface area contributed by atoms with Crippen molar-refractivity contribution in [2.75, 3.05) is 0 Å². The maximum absolute atomic E-state index is 8.75. The zero-order valence-electron chi connectivity index (χ0n) is 13.2. The van der Waals surface area contributed by atoms with E-state index < -0.39 is 0 Å². The lowest BCUT2D eigenvalue weighted by molar-refractivity contribution is 0.511. The van der Waals surface area contributed by atoms with Crippen LogP contribution in [0.1, 0.15) is 36.3 Å². The molecule has 0 aliphatic rings. The van der Waals surface area contributed by atoms with Crippen molar-refractivity contribution in [3.63, 3.8) is 0 Å². The summed E-state index contributed by atoms with van der Waals surface area (Å²) in [6, 6.07) is 18.7. The molecule has 3 heteroatoms. The van der Waals surface area contributed by atoms with Gasteiger partial charge in [0.2, 0.25) is 0 Å². The predicted octanol–water partition coefficient (Wildman–Crippen LogP) is 4.85. The van der Waals surface area contributed by atoms with Crippen LogP contribution in [0.3, 0.4) is 0 Å². The van der Waals surface area contributed by atoms with Gasteiger partial charge in [-0.05, 0) is 42.9 Å². The number of nitriles is 1. The molecule has 0 atom stereocenters. The number of oxazole rings is 1. The first-order chi connectivity index (χ1) is 11.4. The zero-order valence-corrected chi connectivity index (χ0v) is 13.2. The quantitative estimate of drug-likeness (QED) is 0.586. The number of aromatic nitrogens is 1. The van der Waals surface area contributed by atoms with Gasteiger partial charge in [0.05, 0.1) is 6.07 Å². The minimum absolute atomic E-state index is 0.506. The highest BCUT2D eigenvalue weighted by atomic mass is 16.3. The maximum atomic E-state index is 8.75. The molecule has 0 amide bonds. The molecule has 0 fully saturated rings. The van der Waals surface area contributed by atoms with Crippen molar-refractivity contribution in [1.82, 2.24) is 4.98 Å². The van der Waals surface area contributed by atoms with E-state index in [0.29, 0.717) is 6.42 Å². The number of nitrogens with zero attached hydrogens (tertiary/aromatic N) is 2. The van der Waals surface area contributed by atoms with Gasteiger partial charge in [0.15, 0.2) is 11.5 Å². The van der Waals surface area contributed by atoms with Crippen molar-refractivity contribution in [3.8, 4) is 6.07 Å². The Morgan fingerprint density at radius 2 is 1.74 bits per heavy atom. The van der Waals surface area contributed by atoms with Crippen molar-refractivity contribution in [2.45, 2.75) is 38.5 Å². The topological polar surface area (TPSA) is 49.8 Å². The molecule has 3 rings (SSSR count). The molecule has 3 nitrogen and oxygen atoms in total. The van der Waals surface area contributed by atoms with E-state index in [-0.39, 0.29) is 0 Å². The SMILES string of the molecule is N#CCCc1cccc2nc(CCCCc3ccccc3)oc12. The third kappa shape index (κ3) is 3.98. The first-order valence-corrected chi connectivity index (χ1v) is 8.15. The van der Waals surface area contributed by atoms with Crippen molar-refractivity contribution in [2.24, 2.45) is 0 Å². The number of hydrogen-bond acceptors (Lipinski definition) is 3. The molecular formula is C20H20N2O. The molecule has 0 N–H and O–H groups in total. The number of fused-ring (bicyclic) bond motifs is 1. The van der Waals surface area contributed by atoms with Crippen LogP contribution in [0.25, 0.3) is 11.1 Å². The summed E-state index contributed by atoms with van der Waals surface area (Å²) in [6.07, 6.45) is 5.37. The van der Waals surface area contributed by atoms with Crippen LogP contribution in [0.15, 0.2) is 52.9 Å². The third-order valence-electron chi connectivity index (χ3n) is 4.00. The maximum Gasteiger partial charge on any atom is 0.195 e. The second-order valence-electron chi connectivity index (χ2n) is 5.72. The van der Waals surface area contributed by atoms with E-state index in [2.05, 4.69) is 35.3 Å². The molecule has 0 radical (unpaired) electrons. The Morgan fingerprint density at radius 3 is 2.57 bits per heavy atom. The summed E-state index contributed by atoms with van der Waals surface area (Å²) in [5, 5.41) is 8.75. The van der Waals surface area contributed by atoms with Crippen LogP contribution in [-0.4, -0.2) is 4.98 Å². The number of rotatable bonds is 7. The Labute approximate surface area is 136 Å². The first kappa shape index (κ1) is 15.3. The second kappa shape index (κ2) is 7.60. The third-order valence-corrected chi connectivity index (χ3v) is 4.00. The molecule has 0 aliphatic heterocycles. The fourth-order valence-electron chi connectivity index (χ4n) is 2.80. The van der Waals surface area contributed by atoms with Gasteiger partial charge in [0, 0.05) is 12.8 Å². The summed E-state index contributed by atoms with van der Waals surface area (Å²) in [4.78, 5) is 4.58. The van der Waals surface area contributed by atoms with E-state index in [4.69, 9.17) is 9.68 Å². The van der Waals surface area contributed by atoms with Crippen LogP contribution in [0, 0.1) is 11.3 Å². The van der Waals surface area contributed by atoms with Gasteiger partial charge in [-0.2, -0.15) is 5.26 Å². The monoisotopic (exact) mass is 304 g/mol. The highest BCUT2D eigenvalue weighted by Gasteiger charge is 2.09. The number of benzene rings is 2. The van der Waals surface area contributed by atoms with Gasteiger partial charge in [-0.1, -0.05) is 42.5 Å². The fourth-order valence-corrected chi connectivity index (χ4v) is 2.80. The number of unbranched alkanes of at least 4 members (excludes halogenated alkanes) is 1. The average molecular weight is 304 g/mol. The number of para-hydroxylation sites is 1. The minimum atomic E-state index is 0.506. The van der Waals surface area contributed by atoms with Crippen molar-refractivity contribution >= 4 is 11.1 Å². The molecule has 1 aromatic heterocycles. The van der Waals surface area contributed by atoms with Crippen LogP contribution < -0.4 is 0 Å². The molecule has 0 saturated heterocycles. The molecule has 0 bridgehead atoms. The Hall–Kier alpha value is -2.60. The summed E-state index contributed by atoms with van der Waals surface area (Å²) < 4.78 is 5.93. The van der Waals surface area contributed by atoms with E-state index in [1.165, 1.54) is 5.56 Å². The highest BCUT2D eigenvalue weighted by molar-refractivity contribution is 5.76. The molecule has 0 unspecified atom stereocenters. The van der Waals surface area contributed by atoms with Gasteiger partial charge in [-0.15, -0.1) is 0 Å². The van der Waals surface area contributed by atoms with E-state index in [0.717, 1.165) is 54.7 Å². The summed E-state index contributed by atoms with van der Waals surface area (Å²) in [7, 11) is 0. The minimum Gasteiger partial charge on any atom is -0.440 e. The van der Waals surface area contributed by atoms with Gasteiger partial charge in [-0.25, -0.2) is 4.98 Å². The molecule has 1 heterocycles. The Morgan fingerprint density at radius 1 is 0.913 bits per heavy atom. The molecule has 2 aromatic carbocycles. The molecule has 116 valence electrons. The van der Waals surface area contributed by atoms with Crippen LogP contribution in [-0.2, 0) is 19.3 Å². The summed E-state index contributed by atoms with van der Waals surface area (Å²) in [5.74, 6) is 0.803. The standard InChI is InChI=1S/C20H20N2O/c21-15-7-12-17-11-6-13-18-20(17)23-19(22-18)14-5-4-10-16-8-2-1-3-9-16/h1-3,6,8-9,11,13H,4-5,7,10,12,14H2. The molecule has 0 saturated carbocycles. The lowest BCUT2D eigenvalue weighted by Crippen LogP contribution is -1.89. The highest BCUT2D eigenvalue weighted by Crippen LogP contribution is 2.22. The number of hydrogen-bond donors (Lipinski definition) is 0. The predicted molar refractivity (Wildman–Crippen MR) is 91.0 cm³/mol. The fraction of sp³-hybridized carbons (Fsp3) is 0.300. The average Bonchev–Trinajstić information content (AvgIpc) is 3.01. The van der Waals surface area contributed by atoms with E-state index in [9.17, 15) is 0 Å². The van der Waals surface area contributed by atoms with Crippen molar-refractivity contribution < 1.29 is 4.42 Å². The Bertz CT molecular complexity index is 799. The summed E-state index contributed by atoms with van der Waals surface area (Å²) in [6.45, 7) is 0.